The second-order valence-electron chi connectivity index (χ2n) is 7.86. The number of hydrogen-bond donors (Lipinski definition) is 0. The molecule has 140 valence electrons. The van der Waals surface area contributed by atoms with E-state index in [4.69, 9.17) is 0 Å². The van der Waals surface area contributed by atoms with Crippen molar-refractivity contribution in [1.29, 1.82) is 0 Å². The Hall–Kier alpha value is -3.90. The van der Waals surface area contributed by atoms with E-state index in [0.717, 1.165) is 11.1 Å². The third kappa shape index (κ3) is 2.22. The molecule has 2 aliphatic carbocycles. The standard InChI is InChI=1S/C30H20/c1-3-19-13-15-23-24-16-14-20(4-2)18-28(24)30(27(23)17-19)29-25-11-7-5-9-21(25)22-10-6-8-12-26(22)29/h3-18H,1-2H2. The van der Waals surface area contributed by atoms with Gasteiger partial charge in [-0.2, -0.15) is 0 Å². The van der Waals surface area contributed by atoms with E-state index in [1.807, 2.05) is 12.2 Å². The van der Waals surface area contributed by atoms with E-state index in [9.17, 15) is 0 Å². The Morgan fingerprint density at radius 3 is 1.20 bits per heavy atom. The minimum absolute atomic E-state index is 1.14. The fraction of sp³-hybridized carbons (Fsp3) is 0. The van der Waals surface area contributed by atoms with Crippen molar-refractivity contribution in [2.75, 3.05) is 0 Å². The lowest BCUT2D eigenvalue weighted by atomic mass is 9.90. The van der Waals surface area contributed by atoms with Gasteiger partial charge in [-0.3, -0.25) is 0 Å². The van der Waals surface area contributed by atoms with Gasteiger partial charge in [0.15, 0.2) is 0 Å². The second kappa shape index (κ2) is 6.30. The lowest BCUT2D eigenvalue weighted by Gasteiger charge is -2.12. The van der Waals surface area contributed by atoms with Crippen molar-refractivity contribution in [3.05, 3.63) is 131 Å². The summed E-state index contributed by atoms with van der Waals surface area (Å²) in [7, 11) is 0. The Kier molecular flexibility index (Phi) is 3.57. The molecule has 4 aromatic rings. The van der Waals surface area contributed by atoms with Gasteiger partial charge < -0.3 is 0 Å². The van der Waals surface area contributed by atoms with E-state index in [-0.39, 0.29) is 0 Å². The van der Waals surface area contributed by atoms with Crippen molar-refractivity contribution in [1.82, 2.24) is 0 Å². The molecule has 0 radical (unpaired) electrons. The summed E-state index contributed by atoms with van der Waals surface area (Å²) in [5.74, 6) is 0. The van der Waals surface area contributed by atoms with Crippen LogP contribution in [0.4, 0.5) is 0 Å². The number of hydrogen-bond acceptors (Lipinski definition) is 0. The van der Waals surface area contributed by atoms with Gasteiger partial charge in [-0.1, -0.05) is 98.1 Å². The smallest absolute Gasteiger partial charge is 0.00135 e. The number of rotatable bonds is 2. The summed E-state index contributed by atoms with van der Waals surface area (Å²) >= 11 is 0. The Balaban J connectivity index is 1.80. The molecule has 2 aliphatic rings. The van der Waals surface area contributed by atoms with E-state index < -0.39 is 0 Å². The van der Waals surface area contributed by atoms with Gasteiger partial charge in [0.25, 0.3) is 0 Å². The van der Waals surface area contributed by atoms with Crippen LogP contribution in [0.2, 0.25) is 0 Å². The molecule has 0 bridgehead atoms. The zero-order chi connectivity index (χ0) is 20.2. The maximum Gasteiger partial charge on any atom is -0.00135 e. The molecule has 6 rings (SSSR count). The fourth-order valence-electron chi connectivity index (χ4n) is 4.96. The van der Waals surface area contributed by atoms with Gasteiger partial charge in [-0.15, -0.1) is 0 Å². The number of fused-ring (bicyclic) bond motifs is 6. The van der Waals surface area contributed by atoms with Gasteiger partial charge >= 0.3 is 0 Å². The molecule has 0 aliphatic heterocycles. The summed E-state index contributed by atoms with van der Waals surface area (Å²) in [5, 5.41) is 0. The minimum Gasteiger partial charge on any atom is -0.0985 e. The molecular formula is C30H20. The fourth-order valence-corrected chi connectivity index (χ4v) is 4.96. The molecule has 0 fully saturated rings. The maximum atomic E-state index is 4.00. The second-order valence-corrected chi connectivity index (χ2v) is 7.86. The van der Waals surface area contributed by atoms with E-state index in [1.54, 1.807) is 0 Å². The molecule has 0 nitrogen and oxygen atoms in total. The first-order valence-electron chi connectivity index (χ1n) is 10.3. The van der Waals surface area contributed by atoms with Gasteiger partial charge in [0.2, 0.25) is 0 Å². The first-order chi connectivity index (χ1) is 14.8. The summed E-state index contributed by atoms with van der Waals surface area (Å²) in [4.78, 5) is 0. The highest BCUT2D eigenvalue weighted by atomic mass is 14.3. The molecule has 0 aromatic heterocycles. The topological polar surface area (TPSA) is 0 Å². The lowest BCUT2D eigenvalue weighted by Crippen LogP contribution is -1.91. The van der Waals surface area contributed by atoms with Crippen LogP contribution in [0.25, 0.3) is 45.6 Å². The minimum atomic E-state index is 1.14. The molecule has 0 saturated carbocycles. The molecular weight excluding hydrogens is 360 g/mol. The summed E-state index contributed by atoms with van der Waals surface area (Å²) in [6.45, 7) is 8.00. The normalized spacial score (nSPS) is 12.8. The molecule has 0 unspecified atom stereocenters. The van der Waals surface area contributed by atoms with Gasteiger partial charge in [0.05, 0.1) is 0 Å². The monoisotopic (exact) mass is 380 g/mol. The molecule has 0 N–H and O–H groups in total. The van der Waals surface area contributed by atoms with E-state index in [1.165, 1.54) is 55.7 Å². The van der Waals surface area contributed by atoms with Crippen LogP contribution in [0.1, 0.15) is 33.4 Å². The van der Waals surface area contributed by atoms with E-state index in [2.05, 4.69) is 98.1 Å². The molecule has 30 heavy (non-hydrogen) atoms. The Morgan fingerprint density at radius 2 is 0.767 bits per heavy atom. The first kappa shape index (κ1) is 17.0. The first-order valence-corrected chi connectivity index (χ1v) is 10.3. The Labute approximate surface area is 177 Å². The highest BCUT2D eigenvalue weighted by Gasteiger charge is 2.32. The summed E-state index contributed by atoms with van der Waals surface area (Å²) < 4.78 is 0. The average molecular weight is 380 g/mol. The van der Waals surface area contributed by atoms with Crippen LogP contribution in [0.15, 0.2) is 98.1 Å². The van der Waals surface area contributed by atoms with Crippen LogP contribution in [0.5, 0.6) is 0 Å². The number of benzene rings is 4. The molecule has 4 aromatic carbocycles. The van der Waals surface area contributed by atoms with Crippen molar-refractivity contribution in [2.45, 2.75) is 0 Å². The van der Waals surface area contributed by atoms with Gasteiger partial charge in [-0.25, -0.2) is 0 Å². The van der Waals surface area contributed by atoms with Crippen LogP contribution in [0.3, 0.4) is 0 Å². The quantitative estimate of drug-likeness (QED) is 0.286. The predicted molar refractivity (Wildman–Crippen MR) is 129 cm³/mol. The third-order valence-electron chi connectivity index (χ3n) is 6.32. The molecule has 0 heterocycles. The molecule has 0 saturated heterocycles. The van der Waals surface area contributed by atoms with Crippen molar-refractivity contribution in [3.63, 3.8) is 0 Å². The van der Waals surface area contributed by atoms with Crippen molar-refractivity contribution >= 4 is 23.3 Å². The third-order valence-corrected chi connectivity index (χ3v) is 6.32. The lowest BCUT2D eigenvalue weighted by molar-refractivity contribution is 1.60. The highest BCUT2D eigenvalue weighted by molar-refractivity contribution is 6.19. The Morgan fingerprint density at radius 1 is 0.400 bits per heavy atom. The van der Waals surface area contributed by atoms with Gasteiger partial charge in [-0.05, 0) is 78.9 Å². The SMILES string of the molecule is C=Cc1ccc2c(c1)C(=C1c3ccccc3-c3ccccc31)c1cc(C=C)ccc1-2. The maximum absolute atomic E-state index is 4.00. The highest BCUT2D eigenvalue weighted by Crippen LogP contribution is 2.54. The van der Waals surface area contributed by atoms with Crippen molar-refractivity contribution < 1.29 is 0 Å². The van der Waals surface area contributed by atoms with Crippen LogP contribution in [-0.2, 0) is 0 Å². The zero-order valence-corrected chi connectivity index (χ0v) is 16.7. The molecule has 0 atom stereocenters. The van der Waals surface area contributed by atoms with Crippen LogP contribution < -0.4 is 0 Å². The molecule has 0 spiro atoms. The van der Waals surface area contributed by atoms with E-state index in [0.29, 0.717) is 0 Å². The van der Waals surface area contributed by atoms with Gasteiger partial charge in [0.1, 0.15) is 0 Å². The van der Waals surface area contributed by atoms with Crippen molar-refractivity contribution in [2.24, 2.45) is 0 Å². The molecule has 0 heteroatoms. The summed E-state index contributed by atoms with van der Waals surface area (Å²) in [5.41, 5.74) is 15.3. The summed E-state index contributed by atoms with van der Waals surface area (Å²) in [6.07, 6.45) is 3.86. The zero-order valence-electron chi connectivity index (χ0n) is 16.7. The Bertz CT molecular complexity index is 1300. The summed E-state index contributed by atoms with van der Waals surface area (Å²) in [6, 6.07) is 30.9. The average Bonchev–Trinajstić information content (AvgIpc) is 3.30. The van der Waals surface area contributed by atoms with Crippen LogP contribution >= 0.6 is 0 Å². The predicted octanol–water partition coefficient (Wildman–Crippen LogP) is 7.94. The van der Waals surface area contributed by atoms with Gasteiger partial charge in [0, 0.05) is 0 Å². The van der Waals surface area contributed by atoms with Crippen LogP contribution in [0, 0.1) is 0 Å². The largest absolute Gasteiger partial charge is 0.0985 e. The van der Waals surface area contributed by atoms with Crippen molar-refractivity contribution in [3.8, 4) is 22.3 Å². The molecule has 0 amide bonds. The van der Waals surface area contributed by atoms with E-state index >= 15 is 0 Å². The van der Waals surface area contributed by atoms with Crippen LogP contribution in [-0.4, -0.2) is 0 Å².